The molecule has 2 nitrogen and oxygen atoms in total. The summed E-state index contributed by atoms with van der Waals surface area (Å²) in [7, 11) is 0. The topological polar surface area (TPSA) is 30.2 Å². The van der Waals surface area contributed by atoms with E-state index in [1.165, 1.54) is 0 Å². The molecule has 1 heterocycles. The smallest absolute Gasteiger partial charge is 0.197 e. The van der Waals surface area contributed by atoms with Gasteiger partial charge in [-0.05, 0) is 13.0 Å². The van der Waals surface area contributed by atoms with Crippen LogP contribution in [0.2, 0.25) is 0 Å². The van der Waals surface area contributed by atoms with Crippen LogP contribution >= 0.6 is 0 Å². The van der Waals surface area contributed by atoms with Crippen molar-refractivity contribution in [1.29, 1.82) is 0 Å². The molecular formula is C18H16O2. The Hall–Kier alpha value is -2.35. The van der Waals surface area contributed by atoms with Crippen LogP contribution in [0.5, 0.6) is 0 Å². The monoisotopic (exact) mass is 264 g/mol. The lowest BCUT2D eigenvalue weighted by atomic mass is 9.99. The summed E-state index contributed by atoms with van der Waals surface area (Å²) in [5, 5.41) is 0.898. The average molecular weight is 264 g/mol. The fourth-order valence-electron chi connectivity index (χ4n) is 2.44. The number of benzene rings is 2. The predicted molar refractivity (Wildman–Crippen MR) is 80.2 cm³/mol. The number of carbonyl (C=O) groups is 1. The Labute approximate surface area is 118 Å². The Morgan fingerprint density at radius 1 is 1.05 bits per heavy atom. The number of fused-ring (bicyclic) bond motifs is 1. The van der Waals surface area contributed by atoms with Gasteiger partial charge in [0.25, 0.3) is 0 Å². The van der Waals surface area contributed by atoms with Crippen LogP contribution in [0.4, 0.5) is 0 Å². The van der Waals surface area contributed by atoms with Gasteiger partial charge >= 0.3 is 0 Å². The van der Waals surface area contributed by atoms with Crippen molar-refractivity contribution in [3.8, 4) is 0 Å². The third-order valence-electron chi connectivity index (χ3n) is 3.53. The van der Waals surface area contributed by atoms with Gasteiger partial charge in [-0.2, -0.15) is 0 Å². The van der Waals surface area contributed by atoms with Crippen molar-refractivity contribution in [1.82, 2.24) is 0 Å². The van der Waals surface area contributed by atoms with E-state index in [2.05, 4.69) is 0 Å². The van der Waals surface area contributed by atoms with E-state index >= 15 is 0 Å². The maximum atomic E-state index is 12.8. The molecule has 0 amide bonds. The van der Waals surface area contributed by atoms with Crippen molar-refractivity contribution >= 4 is 16.8 Å². The van der Waals surface area contributed by atoms with Crippen LogP contribution in [0.3, 0.4) is 0 Å². The van der Waals surface area contributed by atoms with Gasteiger partial charge in [-0.15, -0.1) is 0 Å². The molecule has 0 saturated heterocycles. The maximum absolute atomic E-state index is 12.8. The minimum Gasteiger partial charge on any atom is -0.460 e. The number of aryl methyl sites for hydroxylation is 2. The molecule has 3 aromatic rings. The highest BCUT2D eigenvalue weighted by Crippen LogP contribution is 2.28. The molecule has 2 aromatic carbocycles. The molecule has 2 heteroatoms. The zero-order valence-corrected chi connectivity index (χ0v) is 11.6. The number of hydrogen-bond acceptors (Lipinski definition) is 2. The summed E-state index contributed by atoms with van der Waals surface area (Å²) in [6, 6.07) is 15.4. The predicted octanol–water partition coefficient (Wildman–Crippen LogP) is 4.53. The summed E-state index contributed by atoms with van der Waals surface area (Å²) < 4.78 is 5.79. The van der Waals surface area contributed by atoms with Gasteiger partial charge in [0.15, 0.2) is 5.78 Å². The largest absolute Gasteiger partial charge is 0.460 e. The van der Waals surface area contributed by atoms with Crippen LogP contribution < -0.4 is 0 Å². The standard InChI is InChI=1S/C18H16O2/c1-3-15-17(14-6-4-5-7-16(14)20-15)18(19)13-10-8-12(2)9-11-13/h4-11H,3H2,1-2H3. The van der Waals surface area contributed by atoms with Crippen LogP contribution in [0.15, 0.2) is 52.9 Å². The lowest BCUT2D eigenvalue weighted by Gasteiger charge is -2.02. The Morgan fingerprint density at radius 2 is 1.75 bits per heavy atom. The Bertz CT molecular complexity index is 764. The van der Waals surface area contributed by atoms with Gasteiger partial charge in [-0.25, -0.2) is 0 Å². The zero-order chi connectivity index (χ0) is 14.1. The summed E-state index contributed by atoms with van der Waals surface area (Å²) in [5.74, 6) is 0.795. The summed E-state index contributed by atoms with van der Waals surface area (Å²) >= 11 is 0. The fraction of sp³-hybridized carbons (Fsp3) is 0.167. The molecule has 0 aliphatic rings. The number of rotatable bonds is 3. The van der Waals surface area contributed by atoms with E-state index in [1.54, 1.807) is 0 Å². The molecule has 0 N–H and O–H groups in total. The first-order chi connectivity index (χ1) is 9.70. The van der Waals surface area contributed by atoms with Crippen molar-refractivity contribution in [2.75, 3.05) is 0 Å². The van der Waals surface area contributed by atoms with Crippen molar-refractivity contribution in [3.63, 3.8) is 0 Å². The second kappa shape index (κ2) is 4.97. The van der Waals surface area contributed by atoms with Gasteiger partial charge in [0.1, 0.15) is 11.3 Å². The zero-order valence-electron chi connectivity index (χ0n) is 11.6. The lowest BCUT2D eigenvalue weighted by molar-refractivity contribution is 0.103. The molecule has 1 aromatic heterocycles. The first kappa shape index (κ1) is 12.7. The van der Waals surface area contributed by atoms with Crippen molar-refractivity contribution < 1.29 is 9.21 Å². The van der Waals surface area contributed by atoms with Gasteiger partial charge < -0.3 is 4.42 Å². The van der Waals surface area contributed by atoms with E-state index in [-0.39, 0.29) is 5.78 Å². The Morgan fingerprint density at radius 3 is 2.45 bits per heavy atom. The van der Waals surface area contributed by atoms with E-state index in [0.717, 1.165) is 22.3 Å². The van der Waals surface area contributed by atoms with Crippen molar-refractivity contribution in [2.24, 2.45) is 0 Å². The van der Waals surface area contributed by atoms with Gasteiger partial charge in [0.05, 0.1) is 5.56 Å². The molecule has 100 valence electrons. The van der Waals surface area contributed by atoms with Gasteiger partial charge in [-0.1, -0.05) is 55.0 Å². The molecule has 0 radical (unpaired) electrons. The molecule has 3 rings (SSSR count). The van der Waals surface area contributed by atoms with Crippen molar-refractivity contribution in [3.05, 3.63) is 71.0 Å². The molecule has 0 bridgehead atoms. The molecule has 0 saturated carbocycles. The van der Waals surface area contributed by atoms with Crippen LogP contribution in [0, 0.1) is 6.92 Å². The van der Waals surface area contributed by atoms with E-state index in [1.807, 2.05) is 62.4 Å². The minimum absolute atomic E-state index is 0.0341. The summed E-state index contributed by atoms with van der Waals surface area (Å²) in [6.45, 7) is 4.02. The highest BCUT2D eigenvalue weighted by molar-refractivity contribution is 6.16. The maximum Gasteiger partial charge on any atom is 0.197 e. The number of carbonyl (C=O) groups excluding carboxylic acids is 1. The van der Waals surface area contributed by atoms with E-state index in [0.29, 0.717) is 17.5 Å². The molecule has 20 heavy (non-hydrogen) atoms. The molecule has 0 atom stereocenters. The van der Waals surface area contributed by atoms with Crippen LogP contribution in [0.25, 0.3) is 11.0 Å². The number of para-hydroxylation sites is 1. The van der Waals surface area contributed by atoms with E-state index in [4.69, 9.17) is 4.42 Å². The van der Waals surface area contributed by atoms with E-state index < -0.39 is 0 Å². The van der Waals surface area contributed by atoms with E-state index in [9.17, 15) is 4.79 Å². The molecular weight excluding hydrogens is 248 g/mol. The summed E-state index contributed by atoms with van der Waals surface area (Å²) in [4.78, 5) is 12.8. The third-order valence-corrected chi connectivity index (χ3v) is 3.53. The second-order valence-corrected chi connectivity index (χ2v) is 4.95. The molecule has 0 fully saturated rings. The van der Waals surface area contributed by atoms with Gasteiger partial charge in [0, 0.05) is 17.4 Å². The molecule has 0 unspecified atom stereocenters. The average Bonchev–Trinajstić information content (AvgIpc) is 2.85. The lowest BCUT2D eigenvalue weighted by Crippen LogP contribution is -2.03. The summed E-state index contributed by atoms with van der Waals surface area (Å²) in [6.07, 6.45) is 0.710. The highest BCUT2D eigenvalue weighted by Gasteiger charge is 2.20. The highest BCUT2D eigenvalue weighted by atomic mass is 16.3. The van der Waals surface area contributed by atoms with Crippen LogP contribution in [-0.4, -0.2) is 5.78 Å². The second-order valence-electron chi connectivity index (χ2n) is 4.95. The van der Waals surface area contributed by atoms with Gasteiger partial charge in [0.2, 0.25) is 0 Å². The third kappa shape index (κ3) is 2.03. The quantitative estimate of drug-likeness (QED) is 0.650. The number of furan rings is 1. The fourth-order valence-corrected chi connectivity index (χ4v) is 2.44. The van der Waals surface area contributed by atoms with Crippen LogP contribution in [-0.2, 0) is 6.42 Å². The first-order valence-electron chi connectivity index (χ1n) is 6.82. The molecule has 0 aliphatic heterocycles. The van der Waals surface area contributed by atoms with Crippen molar-refractivity contribution in [2.45, 2.75) is 20.3 Å². The number of hydrogen-bond donors (Lipinski definition) is 0. The SMILES string of the molecule is CCc1oc2ccccc2c1C(=O)c1ccc(C)cc1. The molecule has 0 aliphatic carbocycles. The Balaban J connectivity index is 2.17. The minimum atomic E-state index is 0.0341. The Kier molecular flexibility index (Phi) is 3.15. The number of ketones is 1. The normalized spacial score (nSPS) is 10.9. The van der Waals surface area contributed by atoms with Crippen LogP contribution in [0.1, 0.15) is 34.2 Å². The molecule has 0 spiro atoms. The first-order valence-corrected chi connectivity index (χ1v) is 6.82. The van der Waals surface area contributed by atoms with Gasteiger partial charge in [-0.3, -0.25) is 4.79 Å². The summed E-state index contributed by atoms with van der Waals surface area (Å²) in [5.41, 5.74) is 3.33.